The van der Waals surface area contributed by atoms with Gasteiger partial charge < -0.3 is 4.74 Å². The highest BCUT2D eigenvalue weighted by Crippen LogP contribution is 2.22. The highest BCUT2D eigenvalue weighted by Gasteiger charge is 2.34. The Morgan fingerprint density at radius 3 is 2.24 bits per heavy atom. The van der Waals surface area contributed by atoms with Crippen molar-refractivity contribution in [3.8, 4) is 0 Å². The quantitative estimate of drug-likeness (QED) is 0.357. The van der Waals surface area contributed by atoms with E-state index in [-0.39, 0.29) is 11.8 Å². The molecule has 0 saturated heterocycles. The van der Waals surface area contributed by atoms with Crippen molar-refractivity contribution in [1.29, 1.82) is 0 Å². The molecule has 2 rings (SSSR count). The van der Waals surface area contributed by atoms with Gasteiger partial charge in [0.05, 0.1) is 30.1 Å². The standard InChI is InChI=1S/C16H19N2O3/c1-17(2)10-12(11-21-3)8-9-18-15(19)13-6-4-5-7-14(13)16(18)20/h4-7,10-11H,8-9H2,1-3H3/q+1. The fourth-order valence-corrected chi connectivity index (χ4v) is 2.32. The lowest BCUT2D eigenvalue weighted by molar-refractivity contribution is -0.459. The van der Waals surface area contributed by atoms with E-state index in [9.17, 15) is 9.59 Å². The summed E-state index contributed by atoms with van der Waals surface area (Å²) in [7, 11) is 5.39. The number of methoxy groups -OCH3 is 1. The fraction of sp³-hybridized carbons (Fsp3) is 0.312. The first-order valence-corrected chi connectivity index (χ1v) is 6.73. The summed E-state index contributed by atoms with van der Waals surface area (Å²) in [5, 5.41) is 0. The van der Waals surface area contributed by atoms with Crippen molar-refractivity contribution in [3.05, 3.63) is 47.2 Å². The van der Waals surface area contributed by atoms with Crippen molar-refractivity contribution in [1.82, 2.24) is 4.90 Å². The predicted molar refractivity (Wildman–Crippen MR) is 79.7 cm³/mol. The summed E-state index contributed by atoms with van der Waals surface area (Å²) in [5.41, 5.74) is 1.88. The number of hydrogen-bond acceptors (Lipinski definition) is 3. The van der Waals surface area contributed by atoms with Crippen LogP contribution in [0.3, 0.4) is 0 Å². The zero-order chi connectivity index (χ0) is 15.4. The molecule has 0 fully saturated rings. The molecule has 0 radical (unpaired) electrons. The summed E-state index contributed by atoms with van der Waals surface area (Å²) in [6, 6.07) is 6.91. The van der Waals surface area contributed by atoms with E-state index in [1.807, 2.05) is 24.9 Å². The van der Waals surface area contributed by atoms with Gasteiger partial charge in [-0.15, -0.1) is 0 Å². The van der Waals surface area contributed by atoms with Gasteiger partial charge in [-0.05, 0) is 18.6 Å². The van der Waals surface area contributed by atoms with Gasteiger partial charge in [-0.3, -0.25) is 14.5 Å². The number of amides is 2. The van der Waals surface area contributed by atoms with Crippen LogP contribution in [0.1, 0.15) is 27.1 Å². The van der Waals surface area contributed by atoms with Crippen molar-refractivity contribution >= 4 is 18.0 Å². The molecule has 0 aromatic heterocycles. The molecule has 5 heteroatoms. The lowest BCUT2D eigenvalue weighted by Crippen LogP contribution is -2.31. The van der Waals surface area contributed by atoms with Crippen LogP contribution in [-0.2, 0) is 4.74 Å². The Balaban J connectivity index is 2.12. The Morgan fingerprint density at radius 1 is 1.19 bits per heavy atom. The Morgan fingerprint density at radius 2 is 1.76 bits per heavy atom. The first-order chi connectivity index (χ1) is 10.0. The molecule has 0 aliphatic carbocycles. The molecule has 21 heavy (non-hydrogen) atoms. The van der Waals surface area contributed by atoms with Crippen molar-refractivity contribution in [2.45, 2.75) is 6.42 Å². The Labute approximate surface area is 124 Å². The lowest BCUT2D eigenvalue weighted by atomic mass is 10.1. The van der Waals surface area contributed by atoms with Crippen molar-refractivity contribution in [2.75, 3.05) is 27.7 Å². The fourth-order valence-electron chi connectivity index (χ4n) is 2.32. The summed E-state index contributed by atoms with van der Waals surface area (Å²) in [5.74, 6) is -0.450. The third-order valence-corrected chi connectivity index (χ3v) is 3.20. The molecular weight excluding hydrogens is 268 g/mol. The normalized spacial score (nSPS) is 14.2. The van der Waals surface area contributed by atoms with Crippen LogP contribution in [0.5, 0.6) is 0 Å². The minimum Gasteiger partial charge on any atom is -0.504 e. The second-order valence-electron chi connectivity index (χ2n) is 5.08. The van der Waals surface area contributed by atoms with Crippen LogP contribution in [0.4, 0.5) is 0 Å². The molecule has 0 N–H and O–H groups in total. The van der Waals surface area contributed by atoms with Crippen LogP contribution >= 0.6 is 0 Å². The number of imide groups is 1. The predicted octanol–water partition coefficient (Wildman–Crippen LogP) is 1.55. The van der Waals surface area contributed by atoms with Crippen LogP contribution < -0.4 is 0 Å². The van der Waals surface area contributed by atoms with Crippen molar-refractivity contribution < 1.29 is 18.9 Å². The molecule has 0 unspecified atom stereocenters. The van der Waals surface area contributed by atoms with Gasteiger partial charge in [-0.1, -0.05) is 12.1 Å². The average Bonchev–Trinajstić information content (AvgIpc) is 2.69. The van der Waals surface area contributed by atoms with E-state index in [1.54, 1.807) is 37.6 Å². The number of carbonyl (C=O) groups excluding carboxylic acids is 2. The number of rotatable bonds is 5. The van der Waals surface area contributed by atoms with E-state index in [2.05, 4.69) is 0 Å². The van der Waals surface area contributed by atoms with Crippen LogP contribution in [0.25, 0.3) is 0 Å². The SMILES string of the molecule is COC=C(C=[N+](C)C)CCN1C(=O)c2ccccc2C1=O. The largest absolute Gasteiger partial charge is 0.504 e. The van der Waals surface area contributed by atoms with E-state index < -0.39 is 0 Å². The van der Waals surface area contributed by atoms with E-state index in [4.69, 9.17) is 4.74 Å². The minimum absolute atomic E-state index is 0.225. The lowest BCUT2D eigenvalue weighted by Gasteiger charge is -2.13. The number of nitrogens with zero attached hydrogens (tertiary/aromatic N) is 2. The minimum atomic E-state index is -0.225. The molecule has 1 aromatic carbocycles. The van der Waals surface area contributed by atoms with Gasteiger partial charge in [0.2, 0.25) is 0 Å². The van der Waals surface area contributed by atoms with Gasteiger partial charge in [-0.2, -0.15) is 0 Å². The van der Waals surface area contributed by atoms with E-state index >= 15 is 0 Å². The molecule has 5 nitrogen and oxygen atoms in total. The van der Waals surface area contributed by atoms with Gasteiger partial charge in [0.1, 0.15) is 14.1 Å². The van der Waals surface area contributed by atoms with Gasteiger partial charge in [0.15, 0.2) is 6.21 Å². The van der Waals surface area contributed by atoms with Crippen molar-refractivity contribution in [3.63, 3.8) is 0 Å². The molecule has 1 aromatic rings. The van der Waals surface area contributed by atoms with Crippen LogP contribution in [0, 0.1) is 0 Å². The highest BCUT2D eigenvalue weighted by atomic mass is 16.5. The number of benzene rings is 1. The van der Waals surface area contributed by atoms with E-state index in [1.165, 1.54) is 4.90 Å². The van der Waals surface area contributed by atoms with E-state index in [0.717, 1.165) is 5.57 Å². The molecule has 0 bridgehead atoms. The number of ether oxygens (including phenoxy) is 1. The number of hydrogen-bond donors (Lipinski definition) is 0. The summed E-state index contributed by atoms with van der Waals surface area (Å²) in [6.45, 7) is 0.339. The Bertz CT molecular complexity index is 593. The molecule has 1 aliphatic heterocycles. The second kappa shape index (κ2) is 6.35. The molecule has 0 saturated carbocycles. The van der Waals surface area contributed by atoms with Gasteiger partial charge in [-0.25, -0.2) is 4.58 Å². The maximum absolute atomic E-state index is 12.2. The van der Waals surface area contributed by atoms with Gasteiger partial charge in [0, 0.05) is 6.54 Å². The summed E-state index contributed by atoms with van der Waals surface area (Å²) in [6.07, 6.45) is 4.08. The molecule has 1 heterocycles. The zero-order valence-electron chi connectivity index (χ0n) is 12.5. The third-order valence-electron chi connectivity index (χ3n) is 3.20. The maximum atomic E-state index is 12.2. The van der Waals surface area contributed by atoms with Crippen molar-refractivity contribution in [2.24, 2.45) is 0 Å². The second-order valence-corrected chi connectivity index (χ2v) is 5.08. The van der Waals surface area contributed by atoms with Gasteiger partial charge in [0.25, 0.3) is 11.8 Å². The zero-order valence-corrected chi connectivity index (χ0v) is 12.5. The summed E-state index contributed by atoms with van der Waals surface area (Å²) < 4.78 is 6.92. The summed E-state index contributed by atoms with van der Waals surface area (Å²) in [4.78, 5) is 25.8. The van der Waals surface area contributed by atoms with E-state index in [0.29, 0.717) is 24.1 Å². The maximum Gasteiger partial charge on any atom is 0.261 e. The number of carbonyl (C=O) groups is 2. The topological polar surface area (TPSA) is 49.6 Å². The molecule has 0 spiro atoms. The third kappa shape index (κ3) is 3.18. The molecule has 110 valence electrons. The van der Waals surface area contributed by atoms with Crippen LogP contribution in [-0.4, -0.2) is 55.3 Å². The highest BCUT2D eigenvalue weighted by molar-refractivity contribution is 6.21. The number of fused-ring (bicyclic) bond motifs is 1. The molecule has 0 atom stereocenters. The first-order valence-electron chi connectivity index (χ1n) is 6.73. The smallest absolute Gasteiger partial charge is 0.261 e. The average molecular weight is 287 g/mol. The monoisotopic (exact) mass is 287 g/mol. The molecule has 1 aliphatic rings. The van der Waals surface area contributed by atoms with Crippen LogP contribution in [0.2, 0.25) is 0 Å². The first kappa shape index (κ1) is 15.0. The Hall–Kier alpha value is -2.43. The molecular formula is C16H19N2O3+. The van der Waals surface area contributed by atoms with Crippen LogP contribution in [0.15, 0.2) is 36.1 Å². The van der Waals surface area contributed by atoms with Gasteiger partial charge >= 0.3 is 0 Å². The molecule has 2 amide bonds. The summed E-state index contributed by atoms with van der Waals surface area (Å²) >= 11 is 0. The Kier molecular flexibility index (Phi) is 4.52.